The number of hydrogen-bond acceptors (Lipinski definition) is 10. The van der Waals surface area contributed by atoms with E-state index in [1.54, 1.807) is 13.8 Å². The first-order valence-electron chi connectivity index (χ1n) is 42.7. The summed E-state index contributed by atoms with van der Waals surface area (Å²) < 4.78 is 0. The van der Waals surface area contributed by atoms with E-state index in [0.717, 1.165) is 124 Å². The molecule has 0 atom stereocenters. The minimum Gasteiger partial charge on any atom is -0.545 e. The summed E-state index contributed by atoms with van der Waals surface area (Å²) in [6.45, 7) is 16.7. The number of carboxylic acid groups (broad SMARTS) is 2. The number of aromatic hydroxyl groups is 4. The molecule has 0 aromatic heterocycles. The van der Waals surface area contributed by atoms with Crippen LogP contribution in [0.2, 0.25) is 0 Å². The van der Waals surface area contributed by atoms with Crippen molar-refractivity contribution in [3.63, 3.8) is 0 Å². The Morgan fingerprint density at radius 3 is 1.01 bits per heavy atom. The van der Waals surface area contributed by atoms with Crippen LogP contribution in [0.4, 0.5) is 11.4 Å². The second kappa shape index (κ2) is 66.9. The molecule has 106 heavy (non-hydrogen) atoms. The molecule has 0 aliphatic heterocycles. The van der Waals surface area contributed by atoms with Crippen LogP contribution in [0.25, 0.3) is 0 Å². The van der Waals surface area contributed by atoms with Crippen LogP contribution in [-0.4, -0.2) is 43.8 Å². The number of rotatable bonds is 57. The topological polar surface area (TPSA) is 186 Å². The van der Waals surface area contributed by atoms with Crippen molar-refractivity contribution >= 4 is 34.7 Å². The Bertz CT molecular complexity index is 3080. The van der Waals surface area contributed by atoms with Crippen molar-refractivity contribution in [1.82, 2.24) is 0 Å². The van der Waals surface area contributed by atoms with E-state index < -0.39 is 34.9 Å². The first-order valence-corrected chi connectivity index (χ1v) is 42.7. The summed E-state index contributed by atoms with van der Waals surface area (Å²) in [6, 6.07) is 20.5. The molecule has 0 amide bonds. The molecule has 0 fully saturated rings. The van der Waals surface area contributed by atoms with Crippen molar-refractivity contribution in [2.75, 3.05) is 0 Å². The van der Waals surface area contributed by atoms with Crippen LogP contribution in [0, 0.1) is 23.7 Å². The summed E-state index contributed by atoms with van der Waals surface area (Å²) in [5.41, 5.74) is 8.97. The van der Waals surface area contributed by atoms with Gasteiger partial charge in [-0.1, -0.05) is 323 Å². The largest absolute Gasteiger partial charge is 2.00 e. The van der Waals surface area contributed by atoms with Gasteiger partial charge in [-0.05, 0) is 154 Å². The number of aryl methyl sites for hydroxylation is 4. The van der Waals surface area contributed by atoms with Crippen LogP contribution in [0.5, 0.6) is 23.0 Å². The molecule has 11 heteroatoms. The van der Waals surface area contributed by atoms with Gasteiger partial charge in [-0.15, -0.1) is 23.7 Å². The number of aromatic carboxylic acids is 2. The standard InChI is InChI=1S/C71H116N2.2C12H16O4.Ni/c1-5-9-13-16-19-22-25-28-29-30-31-32-33-34-35-36-37-38-41-44-47-50-53-65-71(73-69-64-57-55-61-67(69)59-52-49-46-43-40-27-24-21-18-15-11-7-3)70(62-12-8-4)72-68-63-56-54-60-66(68)58-51-48-45-42-39-26-23-20-17-14-10-6-2;2*1-3-5-7-6-9(13)11(14)10(12(15)16)8(7)4-2;/h53-57,60-61,63-65H,5-41,44,47-52,58-59,62H2,1-4H3;2*6,13-14H,3-5H2,1-2H3,(H,15,16);/q;;;+2/p-2. The zero-order valence-corrected chi connectivity index (χ0v) is 69.0. The number of phenolic OH excluding ortho intramolecular Hbond substituents is 2. The summed E-state index contributed by atoms with van der Waals surface area (Å²) in [6.07, 6.45) is 69.7. The molecule has 0 unspecified atom stereocenters. The van der Waals surface area contributed by atoms with Crippen molar-refractivity contribution in [2.45, 2.75) is 396 Å². The average Bonchev–Trinajstić information content (AvgIpc) is 0.808. The predicted molar refractivity (Wildman–Crippen MR) is 445 cm³/mol. The smallest absolute Gasteiger partial charge is 0.545 e. The van der Waals surface area contributed by atoms with Gasteiger partial charge in [0.15, 0.2) is 23.0 Å². The van der Waals surface area contributed by atoms with E-state index in [1.807, 2.05) is 13.8 Å². The van der Waals surface area contributed by atoms with Crippen LogP contribution in [0.15, 0.2) is 82.8 Å². The van der Waals surface area contributed by atoms with Gasteiger partial charge >= 0.3 is 16.5 Å². The molecule has 4 aromatic rings. The number of hydrogen-bond donors (Lipinski definition) is 4. The molecular weight excluding hydrogens is 1360 g/mol. The minimum atomic E-state index is -1.46. The molecule has 0 saturated heterocycles. The number of phenols is 4. The first-order chi connectivity index (χ1) is 51.3. The number of benzene rings is 4. The summed E-state index contributed by atoms with van der Waals surface area (Å²) in [4.78, 5) is 32.9. The third-order valence-electron chi connectivity index (χ3n) is 20.0. The zero-order valence-electron chi connectivity index (χ0n) is 68.0. The van der Waals surface area contributed by atoms with Gasteiger partial charge in [0, 0.05) is 36.8 Å². The van der Waals surface area contributed by atoms with Crippen molar-refractivity contribution in [1.29, 1.82) is 0 Å². The molecule has 4 rings (SSSR count). The monoisotopic (exact) mass is 1500 g/mol. The Morgan fingerprint density at radius 1 is 0.368 bits per heavy atom. The molecule has 0 heterocycles. The molecule has 4 aromatic carbocycles. The van der Waals surface area contributed by atoms with Crippen LogP contribution >= 0.6 is 0 Å². The summed E-state index contributed by atoms with van der Waals surface area (Å²) in [7, 11) is 0. The number of unbranched alkanes of at least 4 members (excludes halogenated alkanes) is 38. The minimum absolute atomic E-state index is 0. The Labute approximate surface area is 657 Å². The van der Waals surface area contributed by atoms with Gasteiger partial charge in [0.1, 0.15) is 0 Å². The fraction of sp³-hybridized carbons (Fsp3) is 0.642. The molecule has 0 bridgehead atoms. The Balaban J connectivity index is 0.00000138. The van der Waals surface area contributed by atoms with Gasteiger partial charge in [-0.3, -0.25) is 4.99 Å². The molecular formula is C95H146N2NiO8. The Hall–Kier alpha value is -6.29. The van der Waals surface area contributed by atoms with Gasteiger partial charge in [-0.2, -0.15) is 0 Å². The maximum atomic E-state index is 10.9. The summed E-state index contributed by atoms with van der Waals surface area (Å²) in [5.74, 6) is 9.03. The molecule has 0 aliphatic carbocycles. The normalized spacial score (nSPS) is 11.3. The van der Waals surface area contributed by atoms with E-state index in [-0.39, 0.29) is 27.6 Å². The molecule has 10 nitrogen and oxygen atoms in total. The van der Waals surface area contributed by atoms with E-state index >= 15 is 0 Å². The first kappa shape index (κ1) is 97.7. The van der Waals surface area contributed by atoms with Crippen LogP contribution in [0.1, 0.15) is 411 Å². The maximum Gasteiger partial charge on any atom is 2.00 e. The molecule has 4 N–H and O–H groups in total. The predicted octanol–water partition coefficient (Wildman–Crippen LogP) is 25.8. The van der Waals surface area contributed by atoms with Crippen LogP contribution in [-0.2, 0) is 55.0 Å². The number of nitrogens with zero attached hydrogens (tertiary/aromatic N) is 2. The number of para-hydroxylation sites is 2. The SMILES string of the molecule is CCCCCCCCCC#CCCCc1ccccc1N=C(C=CCCCCCCCCCCCCCCCCCCCCCCC)C(CCCC)=Nc1ccccc1CCCC#CCCCCCCCCC.CCCc1cc(O)c(O)c(C(=O)[O-])c1CC.CCCc1cc(O)c(O)c(C(=O)[O-])c1CC.[Ni+2]. The summed E-state index contributed by atoms with van der Waals surface area (Å²) in [5, 5.41) is 59.7. The van der Waals surface area contributed by atoms with Gasteiger partial charge < -0.3 is 40.2 Å². The second-order valence-electron chi connectivity index (χ2n) is 29.1. The van der Waals surface area contributed by atoms with Gasteiger partial charge in [0.2, 0.25) is 0 Å². The van der Waals surface area contributed by atoms with E-state index in [2.05, 4.69) is 112 Å². The maximum absolute atomic E-state index is 10.9. The van der Waals surface area contributed by atoms with Crippen molar-refractivity contribution in [2.24, 2.45) is 9.98 Å². The fourth-order valence-corrected chi connectivity index (χ4v) is 13.8. The Kier molecular flexibility index (Phi) is 61.7. The number of allylic oxidation sites excluding steroid dienone is 2. The third-order valence-corrected chi connectivity index (χ3v) is 20.0. The van der Waals surface area contributed by atoms with Crippen molar-refractivity contribution in [3.05, 3.63) is 117 Å². The van der Waals surface area contributed by atoms with Gasteiger partial charge in [0.25, 0.3) is 0 Å². The number of carbonyl (C=O) groups excluding carboxylic acids is 2. The van der Waals surface area contributed by atoms with E-state index in [4.69, 9.17) is 9.98 Å². The Morgan fingerprint density at radius 2 is 0.679 bits per heavy atom. The molecule has 0 aliphatic rings. The fourth-order valence-electron chi connectivity index (χ4n) is 13.8. The van der Waals surface area contributed by atoms with Crippen molar-refractivity contribution in [3.8, 4) is 46.7 Å². The number of carboxylic acids is 2. The van der Waals surface area contributed by atoms with Gasteiger partial charge in [-0.25, -0.2) is 4.99 Å². The number of carbonyl (C=O) groups is 2. The van der Waals surface area contributed by atoms with E-state index in [9.17, 15) is 40.2 Å². The summed E-state index contributed by atoms with van der Waals surface area (Å²) >= 11 is 0. The second-order valence-corrected chi connectivity index (χ2v) is 29.1. The molecule has 0 saturated carbocycles. The van der Waals surface area contributed by atoms with Crippen LogP contribution in [0.3, 0.4) is 0 Å². The molecule has 0 spiro atoms. The average molecular weight is 1500 g/mol. The molecule has 594 valence electrons. The number of aliphatic imine (C=N–C) groups is 2. The molecule has 0 radical (unpaired) electrons. The van der Waals surface area contributed by atoms with E-state index in [1.165, 1.54) is 248 Å². The quantitative estimate of drug-likeness (QED) is 0.0111. The van der Waals surface area contributed by atoms with Crippen molar-refractivity contribution < 1.29 is 56.7 Å². The van der Waals surface area contributed by atoms with Gasteiger partial charge in [0.05, 0.1) is 34.7 Å². The van der Waals surface area contributed by atoms with Crippen LogP contribution < -0.4 is 10.2 Å². The van der Waals surface area contributed by atoms with E-state index in [0.29, 0.717) is 36.8 Å². The third kappa shape index (κ3) is 44.9. The zero-order chi connectivity index (χ0) is 76.6.